The molecule has 3 N–H and O–H groups in total. The second-order valence-electron chi connectivity index (χ2n) is 3.30. The van der Waals surface area contributed by atoms with Crippen LogP contribution in [0.5, 0.6) is 0 Å². The summed E-state index contributed by atoms with van der Waals surface area (Å²) in [5, 5.41) is 8.90. The molecular formula is C10H13BrFNO. The lowest BCUT2D eigenvalue weighted by molar-refractivity contribution is 0.267. The van der Waals surface area contributed by atoms with E-state index in [0.29, 0.717) is 11.1 Å². The van der Waals surface area contributed by atoms with Crippen LogP contribution in [0.1, 0.15) is 22.7 Å². The van der Waals surface area contributed by atoms with Gasteiger partial charge >= 0.3 is 0 Å². The lowest BCUT2D eigenvalue weighted by Crippen LogP contribution is -2.16. The molecule has 0 saturated carbocycles. The van der Waals surface area contributed by atoms with Gasteiger partial charge in [0.05, 0.1) is 12.6 Å². The van der Waals surface area contributed by atoms with Crippen LogP contribution in [-0.2, 0) is 0 Å². The molecular weight excluding hydrogens is 249 g/mol. The topological polar surface area (TPSA) is 46.2 Å². The summed E-state index contributed by atoms with van der Waals surface area (Å²) in [7, 11) is 0. The molecule has 0 aliphatic rings. The third kappa shape index (κ3) is 1.97. The SMILES string of the molecule is Cc1c(F)cc(C(N)CO)c(C)c1Br. The van der Waals surface area contributed by atoms with Gasteiger partial charge in [-0.25, -0.2) is 4.39 Å². The number of nitrogens with two attached hydrogens (primary N) is 1. The minimum Gasteiger partial charge on any atom is -0.394 e. The molecule has 1 atom stereocenters. The Morgan fingerprint density at radius 2 is 2.07 bits per heavy atom. The molecule has 1 rings (SSSR count). The zero-order valence-electron chi connectivity index (χ0n) is 8.14. The molecule has 1 aromatic carbocycles. The number of hydrogen-bond acceptors (Lipinski definition) is 2. The van der Waals surface area contributed by atoms with Crippen molar-refractivity contribution in [3.63, 3.8) is 0 Å². The summed E-state index contributed by atoms with van der Waals surface area (Å²) >= 11 is 3.30. The van der Waals surface area contributed by atoms with Crippen molar-refractivity contribution in [3.05, 3.63) is 33.0 Å². The molecule has 0 heterocycles. The zero-order valence-corrected chi connectivity index (χ0v) is 9.73. The number of aliphatic hydroxyl groups is 1. The lowest BCUT2D eigenvalue weighted by Gasteiger charge is -2.15. The molecule has 0 aromatic heterocycles. The van der Waals surface area contributed by atoms with Gasteiger partial charge in [-0.2, -0.15) is 0 Å². The van der Waals surface area contributed by atoms with Crippen molar-refractivity contribution in [2.45, 2.75) is 19.9 Å². The van der Waals surface area contributed by atoms with Gasteiger partial charge < -0.3 is 10.8 Å². The summed E-state index contributed by atoms with van der Waals surface area (Å²) in [4.78, 5) is 0. The van der Waals surface area contributed by atoms with Gasteiger partial charge in [0.2, 0.25) is 0 Å². The molecule has 0 amide bonds. The maximum Gasteiger partial charge on any atom is 0.127 e. The van der Waals surface area contributed by atoms with Gasteiger partial charge in [0.25, 0.3) is 0 Å². The first-order valence-corrected chi connectivity index (χ1v) is 5.09. The van der Waals surface area contributed by atoms with Crippen LogP contribution < -0.4 is 5.73 Å². The monoisotopic (exact) mass is 261 g/mol. The van der Waals surface area contributed by atoms with Crippen molar-refractivity contribution >= 4 is 15.9 Å². The molecule has 0 bridgehead atoms. The Balaban J connectivity index is 3.33. The van der Waals surface area contributed by atoms with Gasteiger partial charge in [-0.3, -0.25) is 0 Å². The second-order valence-corrected chi connectivity index (χ2v) is 4.09. The summed E-state index contributed by atoms with van der Waals surface area (Å²) in [5.41, 5.74) is 7.73. The van der Waals surface area contributed by atoms with Gasteiger partial charge in [0.1, 0.15) is 5.82 Å². The van der Waals surface area contributed by atoms with Crippen molar-refractivity contribution in [1.82, 2.24) is 0 Å². The van der Waals surface area contributed by atoms with Crippen LogP contribution in [0.4, 0.5) is 4.39 Å². The number of hydrogen-bond donors (Lipinski definition) is 2. The zero-order chi connectivity index (χ0) is 10.9. The van der Waals surface area contributed by atoms with E-state index in [-0.39, 0.29) is 12.4 Å². The fourth-order valence-corrected chi connectivity index (χ4v) is 1.77. The predicted octanol–water partition coefficient (Wildman–Crippen LogP) is 2.20. The summed E-state index contributed by atoms with van der Waals surface area (Å²) in [5.74, 6) is -0.304. The standard InChI is InChI=1S/C10H13BrFNO/c1-5-7(9(13)4-14)3-8(12)6(2)10(5)11/h3,9,14H,4,13H2,1-2H3. The quantitative estimate of drug-likeness (QED) is 0.858. The van der Waals surface area contributed by atoms with Gasteiger partial charge in [-0.15, -0.1) is 0 Å². The highest BCUT2D eigenvalue weighted by molar-refractivity contribution is 9.10. The molecule has 1 unspecified atom stereocenters. The minimum absolute atomic E-state index is 0.185. The molecule has 14 heavy (non-hydrogen) atoms. The molecule has 0 saturated heterocycles. The molecule has 0 aliphatic heterocycles. The Labute approximate surface area is 91.1 Å². The fourth-order valence-electron chi connectivity index (χ4n) is 1.35. The van der Waals surface area contributed by atoms with E-state index in [2.05, 4.69) is 15.9 Å². The van der Waals surface area contributed by atoms with Crippen LogP contribution in [0.3, 0.4) is 0 Å². The summed E-state index contributed by atoms with van der Waals surface area (Å²) in [6.07, 6.45) is 0. The summed E-state index contributed by atoms with van der Waals surface area (Å²) < 4.78 is 14.1. The smallest absolute Gasteiger partial charge is 0.127 e. The van der Waals surface area contributed by atoms with E-state index in [9.17, 15) is 4.39 Å². The molecule has 0 aliphatic carbocycles. The number of rotatable bonds is 2. The largest absolute Gasteiger partial charge is 0.394 e. The third-order valence-corrected chi connectivity index (χ3v) is 3.52. The minimum atomic E-state index is -0.526. The number of halogens is 2. The third-order valence-electron chi connectivity index (χ3n) is 2.33. The van der Waals surface area contributed by atoms with Gasteiger partial charge in [0, 0.05) is 4.47 Å². The fraction of sp³-hybridized carbons (Fsp3) is 0.400. The van der Waals surface area contributed by atoms with Gasteiger partial charge in [-0.1, -0.05) is 15.9 Å². The van der Waals surface area contributed by atoms with Crippen LogP contribution in [0.2, 0.25) is 0 Å². The van der Waals surface area contributed by atoms with Crippen molar-refractivity contribution in [2.24, 2.45) is 5.73 Å². The van der Waals surface area contributed by atoms with Crippen molar-refractivity contribution in [2.75, 3.05) is 6.61 Å². The van der Waals surface area contributed by atoms with Crippen LogP contribution in [0, 0.1) is 19.7 Å². The van der Waals surface area contributed by atoms with Gasteiger partial charge in [0.15, 0.2) is 0 Å². The molecule has 0 spiro atoms. The van der Waals surface area contributed by atoms with Crippen LogP contribution >= 0.6 is 15.9 Å². The average Bonchev–Trinajstić information content (AvgIpc) is 2.19. The molecule has 1 aromatic rings. The number of aliphatic hydroxyl groups excluding tert-OH is 1. The van der Waals surface area contributed by atoms with Crippen LogP contribution in [-0.4, -0.2) is 11.7 Å². The summed E-state index contributed by atoms with van der Waals surface area (Å²) in [6, 6.07) is 0.859. The molecule has 0 radical (unpaired) electrons. The Morgan fingerprint density at radius 3 is 2.57 bits per heavy atom. The Hall–Kier alpha value is -0.450. The first kappa shape index (κ1) is 11.6. The Kier molecular flexibility index (Phi) is 3.64. The highest BCUT2D eigenvalue weighted by Gasteiger charge is 2.14. The Morgan fingerprint density at radius 1 is 1.50 bits per heavy atom. The van der Waals surface area contributed by atoms with E-state index in [1.807, 2.05) is 6.92 Å². The molecule has 2 nitrogen and oxygen atoms in total. The van der Waals surface area contributed by atoms with Crippen molar-refractivity contribution in [3.8, 4) is 0 Å². The molecule has 78 valence electrons. The van der Waals surface area contributed by atoms with E-state index < -0.39 is 6.04 Å². The highest BCUT2D eigenvalue weighted by atomic mass is 79.9. The van der Waals surface area contributed by atoms with E-state index in [1.54, 1.807) is 6.92 Å². The lowest BCUT2D eigenvalue weighted by atomic mass is 10.00. The highest BCUT2D eigenvalue weighted by Crippen LogP contribution is 2.29. The van der Waals surface area contributed by atoms with E-state index in [4.69, 9.17) is 10.8 Å². The van der Waals surface area contributed by atoms with Crippen molar-refractivity contribution < 1.29 is 9.50 Å². The second kappa shape index (κ2) is 4.38. The summed E-state index contributed by atoms with van der Waals surface area (Å²) in [6.45, 7) is 3.36. The maximum atomic E-state index is 13.3. The average molecular weight is 262 g/mol. The maximum absolute atomic E-state index is 13.3. The predicted molar refractivity (Wildman–Crippen MR) is 57.6 cm³/mol. The van der Waals surface area contributed by atoms with Gasteiger partial charge in [-0.05, 0) is 36.6 Å². The van der Waals surface area contributed by atoms with E-state index in [1.165, 1.54) is 6.07 Å². The van der Waals surface area contributed by atoms with Crippen molar-refractivity contribution in [1.29, 1.82) is 0 Å². The first-order valence-electron chi connectivity index (χ1n) is 4.30. The molecule has 4 heteroatoms. The normalized spacial score (nSPS) is 13.0. The van der Waals surface area contributed by atoms with Crippen LogP contribution in [0.25, 0.3) is 0 Å². The molecule has 0 fully saturated rings. The number of benzene rings is 1. The first-order chi connectivity index (χ1) is 6.49. The van der Waals surface area contributed by atoms with Crippen LogP contribution in [0.15, 0.2) is 10.5 Å². The van der Waals surface area contributed by atoms with E-state index >= 15 is 0 Å². The Bertz CT molecular complexity index is 354. The van der Waals surface area contributed by atoms with E-state index in [0.717, 1.165) is 10.0 Å².